The van der Waals surface area contributed by atoms with Gasteiger partial charge in [0.1, 0.15) is 5.60 Å². The van der Waals surface area contributed by atoms with Crippen LogP contribution in [0.1, 0.15) is 33.6 Å². The lowest BCUT2D eigenvalue weighted by Crippen LogP contribution is -2.34. The van der Waals surface area contributed by atoms with E-state index in [-0.39, 0.29) is 6.09 Å². The Morgan fingerprint density at radius 1 is 1.47 bits per heavy atom. The molecule has 6 heteroatoms. The van der Waals surface area contributed by atoms with Gasteiger partial charge in [0.05, 0.1) is 11.9 Å². The van der Waals surface area contributed by atoms with Crippen LogP contribution in [-0.2, 0) is 11.3 Å². The molecule has 19 heavy (non-hydrogen) atoms. The fraction of sp³-hybridized carbons (Fsp3) is 0.692. The number of amides is 1. The van der Waals surface area contributed by atoms with Gasteiger partial charge in [0.25, 0.3) is 0 Å². The first kappa shape index (κ1) is 15.3. The molecule has 0 saturated heterocycles. The van der Waals surface area contributed by atoms with Crippen LogP contribution in [-0.4, -0.2) is 40.0 Å². The van der Waals surface area contributed by atoms with E-state index < -0.39 is 5.60 Å². The van der Waals surface area contributed by atoms with Crippen molar-refractivity contribution in [2.45, 2.75) is 45.8 Å². The third-order valence-electron chi connectivity index (χ3n) is 2.49. The molecule has 0 bridgehead atoms. The van der Waals surface area contributed by atoms with Crippen LogP contribution in [0.15, 0.2) is 12.4 Å². The zero-order chi connectivity index (χ0) is 14.5. The fourth-order valence-electron chi connectivity index (χ4n) is 1.56. The molecule has 1 rings (SSSR count). The minimum Gasteiger partial charge on any atom is -0.444 e. The average molecular weight is 268 g/mol. The molecule has 0 spiro atoms. The molecule has 0 atom stereocenters. The van der Waals surface area contributed by atoms with E-state index >= 15 is 0 Å². The van der Waals surface area contributed by atoms with Crippen LogP contribution < -0.4 is 5.73 Å². The Morgan fingerprint density at radius 3 is 2.68 bits per heavy atom. The molecule has 1 aromatic rings. The summed E-state index contributed by atoms with van der Waals surface area (Å²) < 4.78 is 7.08. The molecule has 6 nitrogen and oxygen atoms in total. The van der Waals surface area contributed by atoms with Crippen LogP contribution >= 0.6 is 0 Å². The summed E-state index contributed by atoms with van der Waals surface area (Å²) in [6.45, 7) is 7.06. The van der Waals surface area contributed by atoms with E-state index in [0.717, 1.165) is 19.4 Å². The average Bonchev–Trinajstić information content (AvgIpc) is 2.68. The summed E-state index contributed by atoms with van der Waals surface area (Å²) in [6, 6.07) is 0. The molecule has 108 valence electrons. The Balaban J connectivity index is 2.20. The molecule has 0 saturated carbocycles. The number of anilines is 1. The predicted octanol–water partition coefficient (Wildman–Crippen LogP) is 2.11. The van der Waals surface area contributed by atoms with Crippen LogP contribution in [0.3, 0.4) is 0 Å². The number of carbonyl (C=O) groups excluding carboxylic acids is 1. The number of aryl methyl sites for hydroxylation is 1. The van der Waals surface area contributed by atoms with E-state index in [1.165, 1.54) is 0 Å². The van der Waals surface area contributed by atoms with Gasteiger partial charge in [0.2, 0.25) is 0 Å². The lowest BCUT2D eigenvalue weighted by Gasteiger charge is -2.24. The highest BCUT2D eigenvalue weighted by Crippen LogP contribution is 2.09. The van der Waals surface area contributed by atoms with Gasteiger partial charge >= 0.3 is 6.09 Å². The van der Waals surface area contributed by atoms with Crippen LogP contribution in [0.4, 0.5) is 10.5 Å². The number of ether oxygens (including phenoxy) is 1. The van der Waals surface area contributed by atoms with Gasteiger partial charge < -0.3 is 15.4 Å². The van der Waals surface area contributed by atoms with E-state index in [2.05, 4.69) is 5.10 Å². The highest BCUT2D eigenvalue weighted by Gasteiger charge is 2.18. The van der Waals surface area contributed by atoms with Crippen LogP contribution in [0, 0.1) is 0 Å². The maximum Gasteiger partial charge on any atom is 0.410 e. The third-order valence-corrected chi connectivity index (χ3v) is 2.49. The van der Waals surface area contributed by atoms with E-state index in [9.17, 15) is 4.79 Å². The molecule has 0 aliphatic heterocycles. The number of carbonyl (C=O) groups is 1. The summed E-state index contributed by atoms with van der Waals surface area (Å²) in [4.78, 5) is 13.3. The third kappa shape index (κ3) is 6.13. The molecular weight excluding hydrogens is 244 g/mol. The van der Waals surface area contributed by atoms with Gasteiger partial charge in [-0.25, -0.2) is 4.79 Å². The predicted molar refractivity (Wildman–Crippen MR) is 74.7 cm³/mol. The molecule has 1 heterocycles. The second kappa shape index (κ2) is 6.45. The Labute approximate surface area is 114 Å². The first-order valence-corrected chi connectivity index (χ1v) is 6.50. The maximum absolute atomic E-state index is 11.7. The van der Waals surface area contributed by atoms with E-state index in [1.54, 1.807) is 24.3 Å². The SMILES string of the molecule is CN(CCCCn1cc(N)cn1)C(=O)OC(C)(C)C. The van der Waals surface area contributed by atoms with Crippen molar-refractivity contribution >= 4 is 11.8 Å². The lowest BCUT2D eigenvalue weighted by atomic mass is 10.2. The summed E-state index contributed by atoms with van der Waals surface area (Å²) in [7, 11) is 1.75. The topological polar surface area (TPSA) is 73.4 Å². The normalized spacial score (nSPS) is 11.4. The molecule has 1 amide bonds. The largest absolute Gasteiger partial charge is 0.444 e. The Bertz CT molecular complexity index is 409. The Morgan fingerprint density at radius 2 is 2.16 bits per heavy atom. The van der Waals surface area contributed by atoms with Gasteiger partial charge in [-0.1, -0.05) is 0 Å². The minimum atomic E-state index is -0.446. The summed E-state index contributed by atoms with van der Waals surface area (Å²) in [5.41, 5.74) is 5.80. The van der Waals surface area contributed by atoms with Crippen molar-refractivity contribution in [3.05, 3.63) is 12.4 Å². The van der Waals surface area contributed by atoms with Crippen molar-refractivity contribution in [2.24, 2.45) is 0 Å². The van der Waals surface area contributed by atoms with Crippen molar-refractivity contribution in [1.29, 1.82) is 0 Å². The van der Waals surface area contributed by atoms with Crippen molar-refractivity contribution in [2.75, 3.05) is 19.3 Å². The van der Waals surface area contributed by atoms with Crippen LogP contribution in [0.25, 0.3) is 0 Å². The van der Waals surface area contributed by atoms with Crippen LogP contribution in [0.2, 0.25) is 0 Å². The first-order chi connectivity index (χ1) is 8.78. The van der Waals surface area contributed by atoms with Gasteiger partial charge in [0.15, 0.2) is 0 Å². The van der Waals surface area contributed by atoms with E-state index in [1.807, 2.05) is 25.5 Å². The van der Waals surface area contributed by atoms with Gasteiger partial charge in [-0.3, -0.25) is 4.68 Å². The summed E-state index contributed by atoms with van der Waals surface area (Å²) >= 11 is 0. The molecule has 1 aromatic heterocycles. The Kier molecular flexibility index (Phi) is 5.20. The minimum absolute atomic E-state index is 0.282. The van der Waals surface area contributed by atoms with Crippen molar-refractivity contribution in [3.63, 3.8) is 0 Å². The second-order valence-corrected chi connectivity index (χ2v) is 5.65. The molecule has 0 radical (unpaired) electrons. The highest BCUT2D eigenvalue weighted by molar-refractivity contribution is 5.67. The molecular formula is C13H24N4O2. The van der Waals surface area contributed by atoms with Gasteiger partial charge in [-0.15, -0.1) is 0 Å². The number of aromatic nitrogens is 2. The first-order valence-electron chi connectivity index (χ1n) is 6.50. The highest BCUT2D eigenvalue weighted by atomic mass is 16.6. The Hall–Kier alpha value is -1.72. The standard InChI is InChI=1S/C13H24N4O2/c1-13(2,3)19-12(18)16(4)7-5-6-8-17-10-11(14)9-15-17/h9-10H,5-8,14H2,1-4H3. The molecule has 0 aliphatic rings. The lowest BCUT2D eigenvalue weighted by molar-refractivity contribution is 0.0296. The monoisotopic (exact) mass is 268 g/mol. The van der Waals surface area contributed by atoms with Crippen LogP contribution in [0.5, 0.6) is 0 Å². The number of hydrogen-bond donors (Lipinski definition) is 1. The van der Waals surface area contributed by atoms with Gasteiger partial charge in [-0.05, 0) is 33.6 Å². The van der Waals surface area contributed by atoms with Gasteiger partial charge in [-0.2, -0.15) is 5.10 Å². The van der Waals surface area contributed by atoms with E-state index in [0.29, 0.717) is 12.2 Å². The molecule has 0 unspecified atom stereocenters. The molecule has 0 fully saturated rings. The number of nitrogen functional groups attached to an aromatic ring is 1. The number of nitrogens with two attached hydrogens (primary N) is 1. The van der Waals surface area contributed by atoms with Crippen molar-refractivity contribution in [1.82, 2.24) is 14.7 Å². The van der Waals surface area contributed by atoms with Gasteiger partial charge in [0, 0.05) is 26.3 Å². The number of hydrogen-bond acceptors (Lipinski definition) is 4. The number of unbranched alkanes of at least 4 members (excludes halogenated alkanes) is 1. The summed E-state index contributed by atoms with van der Waals surface area (Å²) in [6.07, 6.45) is 4.99. The molecule has 0 aliphatic carbocycles. The van der Waals surface area contributed by atoms with Crippen molar-refractivity contribution in [3.8, 4) is 0 Å². The van der Waals surface area contributed by atoms with E-state index in [4.69, 9.17) is 10.5 Å². The zero-order valence-electron chi connectivity index (χ0n) is 12.2. The smallest absolute Gasteiger partial charge is 0.410 e. The number of nitrogens with zero attached hydrogens (tertiary/aromatic N) is 3. The maximum atomic E-state index is 11.7. The molecule has 2 N–H and O–H groups in total. The zero-order valence-corrected chi connectivity index (χ0v) is 12.2. The molecule has 0 aromatic carbocycles. The van der Waals surface area contributed by atoms with Crippen molar-refractivity contribution < 1.29 is 9.53 Å². The quantitative estimate of drug-likeness (QED) is 0.830. The summed E-state index contributed by atoms with van der Waals surface area (Å²) in [5.74, 6) is 0. The number of rotatable bonds is 5. The fourth-order valence-corrected chi connectivity index (χ4v) is 1.56. The summed E-state index contributed by atoms with van der Waals surface area (Å²) in [5, 5.41) is 4.10. The second-order valence-electron chi connectivity index (χ2n) is 5.65.